The number of hydrogen-bond acceptors (Lipinski definition) is 7. The van der Waals surface area contributed by atoms with Crippen molar-refractivity contribution in [2.45, 2.75) is 45.1 Å². The summed E-state index contributed by atoms with van der Waals surface area (Å²) in [5.41, 5.74) is 2.90. The molecule has 0 unspecified atom stereocenters. The number of benzene rings is 2. The first-order valence-electron chi connectivity index (χ1n) is 12.4. The molecule has 3 rings (SSSR count). The molecule has 0 radical (unpaired) electrons. The zero-order chi connectivity index (χ0) is 27.5. The number of amides is 2. The lowest BCUT2D eigenvalue weighted by molar-refractivity contribution is -0.139. The highest BCUT2D eigenvalue weighted by Crippen LogP contribution is 2.18. The molecule has 0 saturated carbocycles. The van der Waals surface area contributed by atoms with Crippen molar-refractivity contribution in [2.24, 2.45) is 5.92 Å². The Labute approximate surface area is 226 Å². The number of para-hydroxylation sites is 2. The van der Waals surface area contributed by atoms with Crippen LogP contribution in [-0.2, 0) is 14.4 Å². The lowest BCUT2D eigenvalue weighted by Crippen LogP contribution is -2.43. The van der Waals surface area contributed by atoms with Crippen molar-refractivity contribution in [2.75, 3.05) is 11.9 Å². The first kappa shape index (κ1) is 28.6. The van der Waals surface area contributed by atoms with Crippen molar-refractivity contribution < 1.29 is 24.3 Å². The van der Waals surface area contributed by atoms with Crippen LogP contribution in [0.1, 0.15) is 49.4 Å². The van der Waals surface area contributed by atoms with Crippen LogP contribution in [0.5, 0.6) is 0 Å². The number of nitrogens with one attached hydrogen (secondary N) is 3. The van der Waals surface area contributed by atoms with Gasteiger partial charge in [-0.1, -0.05) is 25.5 Å². The van der Waals surface area contributed by atoms with Gasteiger partial charge >= 0.3 is 5.97 Å². The molecule has 0 aliphatic carbocycles. The van der Waals surface area contributed by atoms with E-state index in [9.17, 15) is 19.2 Å². The number of unbranched alkanes of at least 4 members (excludes halogenated alkanes) is 1. The Morgan fingerprint density at radius 3 is 2.37 bits per heavy atom. The fraction of sp³-hybridized carbons (Fsp3) is 0.333. The Kier molecular flexibility index (Phi) is 10.6. The van der Waals surface area contributed by atoms with Gasteiger partial charge in [0.1, 0.15) is 11.9 Å². The molecule has 1 aromatic heterocycles. The molecule has 0 aliphatic rings. The van der Waals surface area contributed by atoms with Gasteiger partial charge in [-0.25, -0.2) is 4.98 Å². The van der Waals surface area contributed by atoms with Crippen LogP contribution in [0.4, 0.5) is 11.5 Å². The molecule has 4 N–H and O–H groups in total. The fourth-order valence-electron chi connectivity index (χ4n) is 3.87. The summed E-state index contributed by atoms with van der Waals surface area (Å²) in [5, 5.41) is 16.7. The van der Waals surface area contributed by atoms with Gasteiger partial charge in [0.15, 0.2) is 0 Å². The van der Waals surface area contributed by atoms with Crippen molar-refractivity contribution in [3.63, 3.8) is 0 Å². The number of aliphatic carboxylic acids is 1. The third-order valence-electron chi connectivity index (χ3n) is 5.99. The quantitative estimate of drug-likeness (QED) is 0.154. The number of carboxylic acid groups (broad SMARTS) is 1. The average molecular weight is 538 g/mol. The Bertz CT molecular complexity index is 1280. The second-order valence-electron chi connectivity index (χ2n) is 8.80. The van der Waals surface area contributed by atoms with Gasteiger partial charge in [-0.05, 0) is 55.7 Å². The van der Waals surface area contributed by atoms with Gasteiger partial charge in [0, 0.05) is 23.7 Å². The molecule has 2 aromatic carbocycles. The van der Waals surface area contributed by atoms with E-state index in [1.54, 1.807) is 30.5 Å². The molecule has 0 saturated heterocycles. The molecule has 0 bridgehead atoms. The normalized spacial score (nSPS) is 12.4. The summed E-state index contributed by atoms with van der Waals surface area (Å²) in [6.45, 7) is 2.30. The maximum Gasteiger partial charge on any atom is 0.305 e. The lowest BCUT2D eigenvalue weighted by Gasteiger charge is -2.19. The van der Waals surface area contributed by atoms with Gasteiger partial charge in [-0.15, -0.1) is 12.6 Å². The summed E-state index contributed by atoms with van der Waals surface area (Å²) in [7, 11) is 0. The standard InChI is InChI=1S/C27H31N5O5S/c1-2-17(26(36)32-22(27(37)38)15-24(33)34)7-5-6-14-28-25(35)18-10-12-19(13-11-18)30-23-16-29-20-8-3-4-9-21(20)31-23/h3-4,8-13,16-17,22H,2,5-7,14-15H2,1H3,(H,28,35)(H,30,31)(H,32,36)(H,33,34)(H,37,38)/t17-,22-/m0/s1. The van der Waals surface area contributed by atoms with Gasteiger partial charge in [-0.3, -0.25) is 24.2 Å². The molecule has 200 valence electrons. The molecule has 0 spiro atoms. The zero-order valence-electron chi connectivity index (χ0n) is 21.0. The first-order valence-corrected chi connectivity index (χ1v) is 12.8. The number of rotatable bonds is 14. The second-order valence-corrected chi connectivity index (χ2v) is 9.24. The highest BCUT2D eigenvalue weighted by atomic mass is 32.1. The topological polar surface area (TPSA) is 150 Å². The van der Waals surface area contributed by atoms with E-state index in [0.717, 1.165) is 16.7 Å². The van der Waals surface area contributed by atoms with Gasteiger partial charge in [0.05, 0.1) is 23.7 Å². The number of carbonyl (C=O) groups is 4. The number of nitrogens with zero attached hydrogens (tertiary/aromatic N) is 2. The van der Waals surface area contributed by atoms with Crippen molar-refractivity contribution in [1.29, 1.82) is 0 Å². The van der Waals surface area contributed by atoms with Crippen LogP contribution < -0.4 is 16.0 Å². The minimum atomic E-state index is -1.19. The molecule has 38 heavy (non-hydrogen) atoms. The number of carboxylic acids is 1. The van der Waals surface area contributed by atoms with E-state index in [1.165, 1.54) is 0 Å². The average Bonchev–Trinajstić information content (AvgIpc) is 2.90. The molecular formula is C27H31N5O5S. The number of aromatic nitrogens is 2. The van der Waals surface area contributed by atoms with E-state index in [1.807, 2.05) is 31.2 Å². The van der Waals surface area contributed by atoms with E-state index in [-0.39, 0.29) is 17.7 Å². The molecule has 1 heterocycles. The molecule has 2 atom stereocenters. The van der Waals surface area contributed by atoms with Crippen LogP contribution in [-0.4, -0.2) is 50.6 Å². The zero-order valence-corrected chi connectivity index (χ0v) is 21.9. The van der Waals surface area contributed by atoms with Crippen LogP contribution >= 0.6 is 12.6 Å². The molecule has 10 nitrogen and oxygen atoms in total. The van der Waals surface area contributed by atoms with E-state index < -0.39 is 23.5 Å². The molecular weight excluding hydrogens is 506 g/mol. The molecule has 0 fully saturated rings. The van der Waals surface area contributed by atoms with Crippen LogP contribution in [0.2, 0.25) is 0 Å². The summed E-state index contributed by atoms with van der Waals surface area (Å²) in [6.07, 6.45) is 3.59. The van der Waals surface area contributed by atoms with Crippen LogP contribution in [0.15, 0.2) is 54.7 Å². The summed E-state index contributed by atoms with van der Waals surface area (Å²) >= 11 is 3.66. The monoisotopic (exact) mass is 537 g/mol. The summed E-state index contributed by atoms with van der Waals surface area (Å²) in [6, 6.07) is 13.5. The van der Waals surface area contributed by atoms with Gasteiger partial charge in [0.2, 0.25) is 11.0 Å². The van der Waals surface area contributed by atoms with E-state index in [0.29, 0.717) is 43.6 Å². The van der Waals surface area contributed by atoms with Crippen molar-refractivity contribution in [3.05, 3.63) is 60.3 Å². The predicted molar refractivity (Wildman–Crippen MR) is 147 cm³/mol. The van der Waals surface area contributed by atoms with E-state index in [2.05, 4.69) is 38.5 Å². The maximum atomic E-state index is 12.5. The summed E-state index contributed by atoms with van der Waals surface area (Å²) in [5.74, 6) is -1.51. The second kappa shape index (κ2) is 14.1. The molecule has 2 amide bonds. The van der Waals surface area contributed by atoms with Gasteiger partial charge in [-0.2, -0.15) is 0 Å². The molecule has 0 aliphatic heterocycles. The van der Waals surface area contributed by atoms with Crippen molar-refractivity contribution >= 4 is 58.1 Å². The highest BCUT2D eigenvalue weighted by molar-refractivity contribution is 7.96. The van der Waals surface area contributed by atoms with Gasteiger partial charge in [0.25, 0.3) is 5.91 Å². The minimum Gasteiger partial charge on any atom is -0.481 e. The van der Waals surface area contributed by atoms with Crippen LogP contribution in [0.3, 0.4) is 0 Å². The molecule has 3 aromatic rings. The van der Waals surface area contributed by atoms with Crippen LogP contribution in [0, 0.1) is 5.92 Å². The Hall–Kier alpha value is -3.99. The number of anilines is 2. The summed E-state index contributed by atoms with van der Waals surface area (Å²) < 4.78 is 0. The number of hydrogen-bond donors (Lipinski definition) is 5. The third kappa shape index (κ3) is 8.55. The Balaban J connectivity index is 1.41. The lowest BCUT2D eigenvalue weighted by atomic mass is 9.97. The van der Waals surface area contributed by atoms with Gasteiger partial charge < -0.3 is 21.1 Å². The van der Waals surface area contributed by atoms with E-state index >= 15 is 0 Å². The van der Waals surface area contributed by atoms with E-state index in [4.69, 9.17) is 5.11 Å². The van der Waals surface area contributed by atoms with Crippen molar-refractivity contribution in [3.8, 4) is 0 Å². The van der Waals surface area contributed by atoms with Crippen molar-refractivity contribution in [1.82, 2.24) is 20.6 Å². The number of carbonyl (C=O) groups excluding carboxylic acids is 3. The third-order valence-corrected chi connectivity index (χ3v) is 6.30. The fourth-order valence-corrected chi connectivity index (χ4v) is 4.03. The predicted octanol–water partition coefficient (Wildman–Crippen LogP) is 3.72. The first-order chi connectivity index (χ1) is 18.3. The maximum absolute atomic E-state index is 12.5. The summed E-state index contributed by atoms with van der Waals surface area (Å²) in [4.78, 5) is 56.2. The Morgan fingerprint density at radius 2 is 1.71 bits per heavy atom. The number of thiol groups is 1. The largest absolute Gasteiger partial charge is 0.481 e. The van der Waals surface area contributed by atoms with Crippen LogP contribution in [0.25, 0.3) is 11.0 Å². The smallest absolute Gasteiger partial charge is 0.305 e. The minimum absolute atomic E-state index is 0.198. The SMILES string of the molecule is CC[C@@H](CCCCNC(=O)c1ccc(Nc2cnc3ccccc3n2)cc1)C(=O)N[C@@H](CC(=O)O)C(=O)S. The number of fused-ring (bicyclic) bond motifs is 1. The molecule has 11 heteroatoms. The Morgan fingerprint density at radius 1 is 1.00 bits per heavy atom. The highest BCUT2D eigenvalue weighted by Gasteiger charge is 2.24.